The molecule has 0 aromatic heterocycles. The number of nitrogens with one attached hydrogen (secondary N) is 2. The number of sulfonamides is 2. The lowest BCUT2D eigenvalue weighted by molar-refractivity contribution is 0.412. The number of hydrogen-bond acceptors (Lipinski definition) is 4. The second-order valence-electron chi connectivity index (χ2n) is 7.19. The Morgan fingerprint density at radius 1 is 0.633 bits per heavy atom. The van der Waals surface area contributed by atoms with Crippen LogP contribution in [0.2, 0.25) is 0 Å². The van der Waals surface area contributed by atoms with Gasteiger partial charge in [-0.3, -0.25) is 0 Å². The molecule has 3 aromatic rings. The second kappa shape index (κ2) is 8.31. The van der Waals surface area contributed by atoms with Crippen LogP contribution in [0.3, 0.4) is 0 Å². The molecular formula is C22H22N2O4S2. The van der Waals surface area contributed by atoms with Crippen LogP contribution in [0.1, 0.15) is 23.6 Å². The van der Waals surface area contributed by atoms with E-state index in [-0.39, 0.29) is 9.79 Å². The molecule has 156 valence electrons. The topological polar surface area (TPSA) is 92.3 Å². The lowest BCUT2D eigenvalue weighted by atomic mass is 9.85. The first-order valence-electron chi connectivity index (χ1n) is 9.59. The van der Waals surface area contributed by atoms with Gasteiger partial charge in [0, 0.05) is 6.04 Å². The minimum absolute atomic E-state index is 0.137. The van der Waals surface area contributed by atoms with E-state index in [9.17, 15) is 16.8 Å². The Morgan fingerprint density at radius 3 is 1.73 bits per heavy atom. The minimum atomic E-state index is -3.84. The molecule has 0 aliphatic heterocycles. The molecule has 2 unspecified atom stereocenters. The Balaban J connectivity index is 1.70. The first-order valence-corrected chi connectivity index (χ1v) is 12.6. The van der Waals surface area contributed by atoms with Crippen molar-refractivity contribution in [2.45, 2.75) is 34.7 Å². The van der Waals surface area contributed by atoms with Crippen molar-refractivity contribution in [3.8, 4) is 0 Å². The minimum Gasteiger partial charge on any atom is -0.207 e. The van der Waals surface area contributed by atoms with E-state index in [2.05, 4.69) is 9.44 Å². The number of rotatable bonds is 6. The first-order chi connectivity index (χ1) is 14.4. The molecule has 0 bridgehead atoms. The van der Waals surface area contributed by atoms with E-state index < -0.39 is 32.1 Å². The standard InChI is InChI=1S/C22H22N2O4S2/c25-29(26,18-10-3-1-4-11-18)23-21-16-15-17-9-7-8-14-20(17)22(21)24-30(27,28)19-12-5-2-6-13-19/h1-14,21-24H,15-16H2. The Kier molecular flexibility index (Phi) is 5.75. The summed E-state index contributed by atoms with van der Waals surface area (Å²) in [5, 5.41) is 0. The van der Waals surface area contributed by atoms with Gasteiger partial charge in [0.1, 0.15) is 0 Å². The van der Waals surface area contributed by atoms with Gasteiger partial charge in [0.25, 0.3) is 0 Å². The van der Waals surface area contributed by atoms with Crippen LogP contribution < -0.4 is 9.44 Å². The fraction of sp³-hybridized carbons (Fsp3) is 0.182. The van der Waals surface area contributed by atoms with Crippen LogP contribution in [-0.2, 0) is 26.5 Å². The third-order valence-corrected chi connectivity index (χ3v) is 8.18. The van der Waals surface area contributed by atoms with Gasteiger partial charge in [-0.05, 0) is 48.2 Å². The van der Waals surface area contributed by atoms with Crippen molar-refractivity contribution in [3.63, 3.8) is 0 Å². The van der Waals surface area contributed by atoms with Crippen molar-refractivity contribution in [1.82, 2.24) is 9.44 Å². The predicted molar refractivity (Wildman–Crippen MR) is 115 cm³/mol. The molecule has 8 heteroatoms. The second-order valence-corrected chi connectivity index (χ2v) is 10.6. The number of fused-ring (bicyclic) bond motifs is 1. The van der Waals surface area contributed by atoms with Crippen LogP contribution in [0, 0.1) is 0 Å². The molecule has 0 amide bonds. The molecule has 1 aliphatic carbocycles. The van der Waals surface area contributed by atoms with E-state index in [1.54, 1.807) is 36.4 Å². The van der Waals surface area contributed by atoms with E-state index in [1.165, 1.54) is 24.3 Å². The Bertz CT molecular complexity index is 1230. The molecule has 0 fully saturated rings. The van der Waals surface area contributed by atoms with Crippen LogP contribution in [0.25, 0.3) is 0 Å². The van der Waals surface area contributed by atoms with Crippen molar-refractivity contribution >= 4 is 20.0 Å². The summed E-state index contributed by atoms with van der Waals surface area (Å²) in [5.41, 5.74) is 1.79. The molecule has 0 radical (unpaired) electrons. The number of benzene rings is 3. The van der Waals surface area contributed by atoms with E-state index >= 15 is 0 Å². The maximum Gasteiger partial charge on any atom is 0.241 e. The average molecular weight is 443 g/mol. The van der Waals surface area contributed by atoms with Crippen molar-refractivity contribution in [2.75, 3.05) is 0 Å². The Hall–Kier alpha value is -2.52. The average Bonchev–Trinajstić information content (AvgIpc) is 2.76. The molecule has 0 spiro atoms. The summed E-state index contributed by atoms with van der Waals surface area (Å²) < 4.78 is 57.3. The molecule has 0 saturated carbocycles. The molecule has 0 heterocycles. The number of aryl methyl sites for hydroxylation is 1. The molecule has 30 heavy (non-hydrogen) atoms. The fourth-order valence-corrected chi connectivity index (χ4v) is 6.32. The van der Waals surface area contributed by atoms with Crippen LogP contribution in [0.5, 0.6) is 0 Å². The summed E-state index contributed by atoms with van der Waals surface area (Å²) in [5.74, 6) is 0. The summed E-state index contributed by atoms with van der Waals surface area (Å²) in [6, 6.07) is 22.3. The molecule has 1 aliphatic rings. The van der Waals surface area contributed by atoms with Crippen LogP contribution in [0.15, 0.2) is 94.7 Å². The zero-order valence-electron chi connectivity index (χ0n) is 16.1. The monoisotopic (exact) mass is 442 g/mol. The van der Waals surface area contributed by atoms with Gasteiger partial charge in [-0.1, -0.05) is 60.7 Å². The zero-order valence-corrected chi connectivity index (χ0v) is 17.7. The summed E-state index contributed by atoms with van der Waals surface area (Å²) >= 11 is 0. The third kappa shape index (κ3) is 4.32. The fourth-order valence-electron chi connectivity index (χ4n) is 3.73. The van der Waals surface area contributed by atoms with Crippen molar-refractivity contribution < 1.29 is 16.8 Å². The molecule has 3 aromatic carbocycles. The highest BCUT2D eigenvalue weighted by atomic mass is 32.2. The van der Waals surface area contributed by atoms with Gasteiger partial charge >= 0.3 is 0 Å². The lowest BCUT2D eigenvalue weighted by Gasteiger charge is -2.34. The van der Waals surface area contributed by atoms with Crippen LogP contribution in [-0.4, -0.2) is 22.9 Å². The molecular weight excluding hydrogens is 420 g/mol. The maximum atomic E-state index is 13.0. The molecule has 6 nitrogen and oxygen atoms in total. The quantitative estimate of drug-likeness (QED) is 0.614. The Morgan fingerprint density at radius 2 is 1.13 bits per heavy atom. The normalized spacial score (nSPS) is 19.2. The van der Waals surface area contributed by atoms with Gasteiger partial charge in [0.05, 0.1) is 15.8 Å². The Labute approximate surface area is 177 Å². The van der Waals surface area contributed by atoms with Gasteiger partial charge in [-0.25, -0.2) is 26.3 Å². The summed E-state index contributed by atoms with van der Waals surface area (Å²) in [6.07, 6.45) is 1.13. The van der Waals surface area contributed by atoms with Crippen molar-refractivity contribution in [3.05, 3.63) is 96.1 Å². The van der Waals surface area contributed by atoms with Gasteiger partial charge in [-0.15, -0.1) is 0 Å². The van der Waals surface area contributed by atoms with E-state index in [4.69, 9.17) is 0 Å². The molecule has 0 saturated heterocycles. The highest BCUT2D eigenvalue weighted by molar-refractivity contribution is 7.90. The third-order valence-electron chi connectivity index (χ3n) is 5.21. The zero-order chi connectivity index (χ0) is 21.2. The number of hydrogen-bond donors (Lipinski definition) is 2. The lowest BCUT2D eigenvalue weighted by Crippen LogP contribution is -2.48. The molecule has 4 rings (SSSR count). The molecule has 2 atom stereocenters. The predicted octanol–water partition coefficient (Wildman–Crippen LogP) is 3.00. The highest BCUT2D eigenvalue weighted by Gasteiger charge is 2.35. The summed E-state index contributed by atoms with van der Waals surface area (Å²) in [4.78, 5) is 0.284. The highest BCUT2D eigenvalue weighted by Crippen LogP contribution is 2.32. The van der Waals surface area contributed by atoms with E-state index in [0.29, 0.717) is 12.8 Å². The van der Waals surface area contributed by atoms with Gasteiger partial charge in [-0.2, -0.15) is 0 Å². The van der Waals surface area contributed by atoms with Gasteiger partial charge in [0.15, 0.2) is 0 Å². The largest absolute Gasteiger partial charge is 0.241 e. The van der Waals surface area contributed by atoms with Gasteiger partial charge in [0.2, 0.25) is 20.0 Å². The van der Waals surface area contributed by atoms with Crippen LogP contribution in [0.4, 0.5) is 0 Å². The van der Waals surface area contributed by atoms with Crippen molar-refractivity contribution in [1.29, 1.82) is 0 Å². The van der Waals surface area contributed by atoms with E-state index in [1.807, 2.05) is 24.3 Å². The first kappa shape index (κ1) is 20.7. The van der Waals surface area contributed by atoms with Crippen molar-refractivity contribution in [2.24, 2.45) is 0 Å². The van der Waals surface area contributed by atoms with Gasteiger partial charge < -0.3 is 0 Å². The van der Waals surface area contributed by atoms with Crippen LogP contribution >= 0.6 is 0 Å². The molecule has 2 N–H and O–H groups in total. The smallest absolute Gasteiger partial charge is 0.207 e. The van der Waals surface area contributed by atoms with E-state index in [0.717, 1.165) is 11.1 Å². The maximum absolute atomic E-state index is 13.0. The summed E-state index contributed by atoms with van der Waals surface area (Å²) in [7, 11) is -7.64. The summed E-state index contributed by atoms with van der Waals surface area (Å²) in [6.45, 7) is 0. The SMILES string of the molecule is O=S(=O)(NC1CCc2ccccc2C1NS(=O)(=O)c1ccccc1)c1ccccc1.